The number of sulfonamides is 1. The molecule has 1 saturated heterocycles. The minimum atomic E-state index is -3.49. The Hall–Kier alpha value is -1.03. The maximum absolute atomic E-state index is 13.3. The third-order valence-corrected chi connectivity index (χ3v) is 8.98. The first-order valence-electron chi connectivity index (χ1n) is 12.2. The lowest BCUT2D eigenvalue weighted by molar-refractivity contribution is -0.0710. The Kier molecular flexibility index (Phi) is 9.95. The Morgan fingerprint density at radius 3 is 2.31 bits per heavy atom. The largest absolute Gasteiger partial charge is 0.395 e. The maximum atomic E-state index is 13.3. The van der Waals surface area contributed by atoms with E-state index in [-0.39, 0.29) is 18.7 Å². The summed E-state index contributed by atoms with van der Waals surface area (Å²) in [5, 5.41) is 29.3. The van der Waals surface area contributed by atoms with Crippen LogP contribution < -0.4 is 0 Å². The summed E-state index contributed by atoms with van der Waals surface area (Å²) < 4.78 is 28.4. The van der Waals surface area contributed by atoms with Crippen LogP contribution >= 0.6 is 0 Å². The molecule has 0 unspecified atom stereocenters. The van der Waals surface area contributed by atoms with Crippen molar-refractivity contribution in [1.82, 2.24) is 9.21 Å². The van der Waals surface area contributed by atoms with Gasteiger partial charge >= 0.3 is 0 Å². The highest BCUT2D eigenvalue weighted by atomic mass is 32.2. The summed E-state index contributed by atoms with van der Waals surface area (Å²) in [6.07, 6.45) is 7.79. The summed E-state index contributed by atoms with van der Waals surface area (Å²) in [5.41, 5.74) is 0. The van der Waals surface area contributed by atoms with Gasteiger partial charge in [-0.15, -0.1) is 0 Å². The zero-order chi connectivity index (χ0) is 23.0. The Morgan fingerprint density at radius 1 is 0.938 bits per heavy atom. The van der Waals surface area contributed by atoms with Gasteiger partial charge < -0.3 is 15.3 Å². The predicted octanol–water partition coefficient (Wildman–Crippen LogP) is 2.36. The van der Waals surface area contributed by atoms with E-state index in [0.29, 0.717) is 24.4 Å². The molecule has 1 aliphatic carbocycles. The quantitative estimate of drug-likeness (QED) is 0.431. The maximum Gasteiger partial charge on any atom is 0.243 e. The van der Waals surface area contributed by atoms with Gasteiger partial charge in [-0.2, -0.15) is 4.31 Å². The lowest BCUT2D eigenvalue weighted by Gasteiger charge is -2.39. The summed E-state index contributed by atoms with van der Waals surface area (Å²) in [7, 11) is -3.49. The molecule has 7 nitrogen and oxygen atoms in total. The SMILES string of the molecule is O=S(=O)(c1ccccc1)N(CCCCCCN1C[C@H](O)[C@@H](O)C[C@H]1CO)C1CCCCC1. The van der Waals surface area contributed by atoms with Gasteiger partial charge in [0.1, 0.15) is 0 Å². The molecule has 8 heteroatoms. The minimum absolute atomic E-state index is 0.0164. The molecule has 2 fully saturated rings. The predicted molar refractivity (Wildman–Crippen MR) is 125 cm³/mol. The highest BCUT2D eigenvalue weighted by Crippen LogP contribution is 2.28. The van der Waals surface area contributed by atoms with Gasteiger partial charge in [0.25, 0.3) is 0 Å². The van der Waals surface area contributed by atoms with Crippen molar-refractivity contribution in [2.75, 3.05) is 26.2 Å². The number of benzene rings is 1. The second-order valence-electron chi connectivity index (χ2n) is 9.34. The van der Waals surface area contributed by atoms with Crippen molar-refractivity contribution in [1.29, 1.82) is 0 Å². The lowest BCUT2D eigenvalue weighted by atomic mass is 9.95. The van der Waals surface area contributed by atoms with E-state index in [4.69, 9.17) is 0 Å². The van der Waals surface area contributed by atoms with Crippen molar-refractivity contribution < 1.29 is 23.7 Å². The van der Waals surface area contributed by atoms with Gasteiger partial charge in [0, 0.05) is 25.2 Å². The van der Waals surface area contributed by atoms with Crippen molar-refractivity contribution in [3.8, 4) is 0 Å². The standard InChI is InChI=1S/C24H40N2O5S/c27-19-21-17-23(28)24(29)18-25(21)15-9-1-2-10-16-26(20-11-5-3-6-12-20)32(30,31)22-13-7-4-8-14-22/h4,7-8,13-14,20-21,23-24,27-29H,1-3,5-6,9-12,15-19H2/t21-,23-,24-/m0/s1. The first kappa shape index (κ1) is 25.6. The Labute approximate surface area is 193 Å². The fourth-order valence-corrected chi connectivity index (χ4v) is 6.84. The van der Waals surface area contributed by atoms with E-state index in [9.17, 15) is 23.7 Å². The van der Waals surface area contributed by atoms with Gasteiger partial charge in [-0.3, -0.25) is 4.90 Å². The monoisotopic (exact) mass is 468 g/mol. The molecular formula is C24H40N2O5S. The highest BCUT2D eigenvalue weighted by Gasteiger charge is 2.33. The fourth-order valence-electron chi connectivity index (χ4n) is 5.09. The van der Waals surface area contributed by atoms with Gasteiger partial charge in [0.15, 0.2) is 0 Å². The number of aliphatic hydroxyl groups excluding tert-OH is 3. The van der Waals surface area contributed by atoms with Crippen molar-refractivity contribution in [2.45, 2.75) is 93.4 Å². The molecule has 3 atom stereocenters. The van der Waals surface area contributed by atoms with Crippen LogP contribution in [0, 0.1) is 0 Å². The van der Waals surface area contributed by atoms with E-state index >= 15 is 0 Å². The number of piperidine rings is 1. The van der Waals surface area contributed by atoms with Crippen LogP contribution in [-0.2, 0) is 10.0 Å². The van der Waals surface area contributed by atoms with Gasteiger partial charge in [-0.05, 0) is 50.8 Å². The second-order valence-corrected chi connectivity index (χ2v) is 11.2. The van der Waals surface area contributed by atoms with Crippen LogP contribution in [0.25, 0.3) is 0 Å². The molecule has 2 aliphatic rings. The Balaban J connectivity index is 1.49. The molecular weight excluding hydrogens is 428 g/mol. The summed E-state index contributed by atoms with van der Waals surface area (Å²) in [4.78, 5) is 2.44. The van der Waals surface area contributed by atoms with Crippen molar-refractivity contribution in [3.05, 3.63) is 30.3 Å². The van der Waals surface area contributed by atoms with E-state index in [1.54, 1.807) is 28.6 Å². The lowest BCUT2D eigenvalue weighted by Crippen LogP contribution is -2.53. The molecule has 1 saturated carbocycles. The van der Waals surface area contributed by atoms with E-state index in [1.165, 1.54) is 6.42 Å². The normalized spacial score (nSPS) is 25.9. The fraction of sp³-hybridized carbons (Fsp3) is 0.750. The Bertz CT molecular complexity index is 770. The molecule has 1 heterocycles. The summed E-state index contributed by atoms with van der Waals surface area (Å²) in [6, 6.07) is 8.77. The number of likely N-dealkylation sites (tertiary alicyclic amines) is 1. The van der Waals surface area contributed by atoms with E-state index in [2.05, 4.69) is 4.90 Å². The van der Waals surface area contributed by atoms with E-state index in [0.717, 1.165) is 57.9 Å². The van der Waals surface area contributed by atoms with E-state index in [1.807, 2.05) is 6.07 Å². The molecule has 0 spiro atoms. The first-order chi connectivity index (χ1) is 15.4. The van der Waals surface area contributed by atoms with Crippen LogP contribution in [0.2, 0.25) is 0 Å². The van der Waals surface area contributed by atoms with Gasteiger partial charge in [-0.1, -0.05) is 50.3 Å². The zero-order valence-electron chi connectivity index (χ0n) is 19.1. The number of nitrogens with zero attached hydrogens (tertiary/aromatic N) is 2. The molecule has 1 aliphatic heterocycles. The molecule has 0 radical (unpaired) electrons. The molecule has 182 valence electrons. The second kappa shape index (κ2) is 12.4. The Morgan fingerprint density at radius 2 is 1.62 bits per heavy atom. The minimum Gasteiger partial charge on any atom is -0.395 e. The molecule has 3 rings (SSSR count). The van der Waals surface area contributed by atoms with Crippen LogP contribution in [0.5, 0.6) is 0 Å². The van der Waals surface area contributed by atoms with Crippen molar-refractivity contribution in [3.63, 3.8) is 0 Å². The van der Waals surface area contributed by atoms with Crippen LogP contribution in [0.15, 0.2) is 35.2 Å². The third kappa shape index (κ3) is 6.74. The number of β-amino-alcohol motifs (C(OH)–C–C–N with tert-alkyl or cyclic N) is 1. The molecule has 1 aromatic carbocycles. The van der Waals surface area contributed by atoms with E-state index < -0.39 is 22.2 Å². The van der Waals surface area contributed by atoms with Gasteiger partial charge in [0.2, 0.25) is 10.0 Å². The zero-order valence-corrected chi connectivity index (χ0v) is 19.9. The van der Waals surface area contributed by atoms with Gasteiger partial charge in [0.05, 0.1) is 23.7 Å². The van der Waals surface area contributed by atoms with Crippen LogP contribution in [0.4, 0.5) is 0 Å². The number of aliphatic hydroxyl groups is 3. The van der Waals surface area contributed by atoms with Crippen LogP contribution in [0.1, 0.15) is 64.2 Å². The number of unbranched alkanes of at least 4 members (excludes halogenated alkanes) is 3. The van der Waals surface area contributed by atoms with Gasteiger partial charge in [-0.25, -0.2) is 8.42 Å². The first-order valence-corrected chi connectivity index (χ1v) is 13.7. The molecule has 0 bridgehead atoms. The number of hydrogen-bond acceptors (Lipinski definition) is 6. The molecule has 3 N–H and O–H groups in total. The average Bonchev–Trinajstić information content (AvgIpc) is 2.81. The molecule has 1 aromatic rings. The van der Waals surface area contributed by atoms with Crippen LogP contribution in [-0.4, -0.2) is 83.5 Å². The summed E-state index contributed by atoms with van der Waals surface area (Å²) in [5.74, 6) is 0. The molecule has 32 heavy (non-hydrogen) atoms. The topological polar surface area (TPSA) is 101 Å². The smallest absolute Gasteiger partial charge is 0.243 e. The summed E-state index contributed by atoms with van der Waals surface area (Å²) >= 11 is 0. The van der Waals surface area contributed by atoms with Crippen LogP contribution in [0.3, 0.4) is 0 Å². The summed E-state index contributed by atoms with van der Waals surface area (Å²) in [6.45, 7) is 1.69. The average molecular weight is 469 g/mol. The number of hydrogen-bond donors (Lipinski definition) is 3. The molecule has 0 amide bonds. The molecule has 0 aromatic heterocycles. The number of rotatable bonds is 11. The van der Waals surface area contributed by atoms with Crippen molar-refractivity contribution >= 4 is 10.0 Å². The highest BCUT2D eigenvalue weighted by molar-refractivity contribution is 7.89. The van der Waals surface area contributed by atoms with Crippen molar-refractivity contribution in [2.24, 2.45) is 0 Å². The third-order valence-electron chi connectivity index (χ3n) is 7.01.